The Hall–Kier alpha value is -2.17. The second-order valence-corrected chi connectivity index (χ2v) is 3.94. The summed E-state index contributed by atoms with van der Waals surface area (Å²) in [6, 6.07) is 5.96. The van der Waals surface area contributed by atoms with Gasteiger partial charge in [-0.2, -0.15) is 0 Å². The number of nitrogens with one attached hydrogen (secondary N) is 1. The van der Waals surface area contributed by atoms with E-state index in [2.05, 4.69) is 5.32 Å². The molecule has 0 radical (unpaired) electrons. The zero-order valence-corrected chi connectivity index (χ0v) is 9.60. The molecule has 5 heteroatoms. The van der Waals surface area contributed by atoms with E-state index in [1.54, 1.807) is 6.92 Å². The predicted octanol–water partition coefficient (Wildman–Crippen LogP) is 3.74. The van der Waals surface area contributed by atoms with Crippen LogP contribution in [0.2, 0.25) is 0 Å². The highest BCUT2D eigenvalue weighted by Crippen LogP contribution is 2.27. The Labute approximate surface area is 102 Å². The first-order valence-corrected chi connectivity index (χ1v) is 5.25. The molecule has 0 aromatic heterocycles. The van der Waals surface area contributed by atoms with Gasteiger partial charge in [0, 0.05) is 11.4 Å². The van der Waals surface area contributed by atoms with Gasteiger partial charge in [0.15, 0.2) is 11.6 Å². The van der Waals surface area contributed by atoms with E-state index in [0.717, 1.165) is 12.1 Å². The number of hydrogen-bond acceptors (Lipinski definition) is 2. The number of nitrogens with two attached hydrogens (primary N) is 1. The Morgan fingerprint density at radius 3 is 2.22 bits per heavy atom. The van der Waals surface area contributed by atoms with Crippen molar-refractivity contribution in [3.05, 3.63) is 53.3 Å². The third-order valence-electron chi connectivity index (χ3n) is 2.52. The lowest BCUT2D eigenvalue weighted by Gasteiger charge is -2.12. The van der Waals surface area contributed by atoms with Gasteiger partial charge in [0.05, 0.1) is 0 Å². The Morgan fingerprint density at radius 1 is 1.00 bits per heavy atom. The van der Waals surface area contributed by atoms with Crippen LogP contribution >= 0.6 is 0 Å². The van der Waals surface area contributed by atoms with Crippen LogP contribution in [0.3, 0.4) is 0 Å². The minimum Gasteiger partial charge on any atom is -0.399 e. The summed E-state index contributed by atoms with van der Waals surface area (Å²) >= 11 is 0. The molecule has 0 unspecified atom stereocenters. The first-order valence-electron chi connectivity index (χ1n) is 5.25. The van der Waals surface area contributed by atoms with Gasteiger partial charge in [0.25, 0.3) is 0 Å². The van der Waals surface area contributed by atoms with Crippen LogP contribution in [0.15, 0.2) is 30.3 Å². The third kappa shape index (κ3) is 2.40. The fourth-order valence-corrected chi connectivity index (χ4v) is 1.58. The van der Waals surface area contributed by atoms with Gasteiger partial charge >= 0.3 is 0 Å². The van der Waals surface area contributed by atoms with Crippen LogP contribution in [-0.4, -0.2) is 0 Å². The lowest BCUT2D eigenvalue weighted by atomic mass is 10.1. The van der Waals surface area contributed by atoms with Crippen LogP contribution in [0.4, 0.5) is 30.2 Å². The fourth-order valence-electron chi connectivity index (χ4n) is 1.58. The van der Waals surface area contributed by atoms with E-state index in [-0.39, 0.29) is 11.4 Å². The summed E-state index contributed by atoms with van der Waals surface area (Å²) < 4.78 is 40.2. The molecule has 2 nitrogen and oxygen atoms in total. The van der Waals surface area contributed by atoms with E-state index in [0.29, 0.717) is 11.3 Å². The molecule has 0 saturated heterocycles. The summed E-state index contributed by atoms with van der Waals surface area (Å²) in [7, 11) is 0. The maximum absolute atomic E-state index is 13.6. The van der Waals surface area contributed by atoms with Crippen molar-refractivity contribution < 1.29 is 13.2 Å². The molecule has 18 heavy (non-hydrogen) atoms. The van der Waals surface area contributed by atoms with Crippen LogP contribution in [0.25, 0.3) is 0 Å². The van der Waals surface area contributed by atoms with Crippen molar-refractivity contribution in [1.82, 2.24) is 0 Å². The monoisotopic (exact) mass is 252 g/mol. The van der Waals surface area contributed by atoms with Crippen molar-refractivity contribution >= 4 is 17.1 Å². The molecule has 0 amide bonds. The molecule has 0 heterocycles. The average Bonchev–Trinajstić information content (AvgIpc) is 2.28. The molecule has 0 atom stereocenters. The lowest BCUT2D eigenvalue weighted by Crippen LogP contribution is -2.01. The topological polar surface area (TPSA) is 38.0 Å². The molecule has 0 spiro atoms. The summed E-state index contributed by atoms with van der Waals surface area (Å²) in [6.07, 6.45) is 0. The van der Waals surface area contributed by atoms with Gasteiger partial charge in [-0.1, -0.05) is 6.07 Å². The molecular formula is C13H11F3N2. The first-order chi connectivity index (χ1) is 8.47. The second kappa shape index (κ2) is 4.60. The predicted molar refractivity (Wildman–Crippen MR) is 65.2 cm³/mol. The summed E-state index contributed by atoms with van der Waals surface area (Å²) in [6.45, 7) is 1.70. The molecule has 0 fully saturated rings. The molecule has 2 aromatic carbocycles. The molecule has 0 aliphatic rings. The fraction of sp³-hybridized carbons (Fsp3) is 0.0769. The van der Waals surface area contributed by atoms with E-state index in [9.17, 15) is 13.2 Å². The number of nitrogen functional groups attached to an aromatic ring is 1. The normalized spacial score (nSPS) is 10.4. The van der Waals surface area contributed by atoms with Crippen molar-refractivity contribution in [3.8, 4) is 0 Å². The zero-order valence-electron chi connectivity index (χ0n) is 9.60. The van der Waals surface area contributed by atoms with Crippen molar-refractivity contribution in [2.45, 2.75) is 6.92 Å². The van der Waals surface area contributed by atoms with Crippen molar-refractivity contribution in [3.63, 3.8) is 0 Å². The number of benzene rings is 2. The molecule has 2 rings (SSSR count). The summed E-state index contributed by atoms with van der Waals surface area (Å²) in [5, 5.41) is 2.53. The van der Waals surface area contributed by atoms with Gasteiger partial charge in [-0.3, -0.25) is 0 Å². The number of aryl methyl sites for hydroxylation is 1. The molecule has 0 aliphatic carbocycles. The Balaban J connectivity index is 2.43. The van der Waals surface area contributed by atoms with Crippen LogP contribution in [0, 0.1) is 24.4 Å². The standard InChI is InChI=1S/C13H11F3N2/c1-7-2-3-8(14)4-12(7)18-13-10(15)5-9(17)6-11(13)16/h2-6,18H,17H2,1H3. The van der Waals surface area contributed by atoms with Crippen LogP contribution in [0.1, 0.15) is 5.56 Å². The van der Waals surface area contributed by atoms with Crippen molar-refractivity contribution in [1.29, 1.82) is 0 Å². The van der Waals surface area contributed by atoms with Crippen LogP contribution < -0.4 is 11.1 Å². The van der Waals surface area contributed by atoms with Gasteiger partial charge in [-0.15, -0.1) is 0 Å². The van der Waals surface area contributed by atoms with E-state index < -0.39 is 17.5 Å². The Kier molecular flexibility index (Phi) is 3.14. The smallest absolute Gasteiger partial charge is 0.151 e. The van der Waals surface area contributed by atoms with Gasteiger partial charge in [-0.05, 0) is 36.8 Å². The average molecular weight is 252 g/mol. The Bertz CT molecular complexity index is 574. The Morgan fingerprint density at radius 2 is 1.61 bits per heavy atom. The summed E-state index contributed by atoms with van der Waals surface area (Å²) in [5.41, 5.74) is 5.93. The van der Waals surface area contributed by atoms with Crippen molar-refractivity contribution in [2.24, 2.45) is 0 Å². The second-order valence-electron chi connectivity index (χ2n) is 3.94. The molecular weight excluding hydrogens is 241 g/mol. The largest absolute Gasteiger partial charge is 0.399 e. The molecule has 94 valence electrons. The number of hydrogen-bond donors (Lipinski definition) is 2. The molecule has 3 N–H and O–H groups in total. The van der Waals surface area contributed by atoms with E-state index in [1.165, 1.54) is 18.2 Å². The molecule has 0 saturated carbocycles. The number of halogens is 3. The molecule has 0 bridgehead atoms. The van der Waals surface area contributed by atoms with Gasteiger partial charge in [-0.25, -0.2) is 13.2 Å². The highest BCUT2D eigenvalue weighted by atomic mass is 19.1. The van der Waals surface area contributed by atoms with Gasteiger partial charge in [0.1, 0.15) is 11.5 Å². The zero-order chi connectivity index (χ0) is 13.3. The van der Waals surface area contributed by atoms with Gasteiger partial charge in [0.2, 0.25) is 0 Å². The lowest BCUT2D eigenvalue weighted by molar-refractivity contribution is 0.591. The third-order valence-corrected chi connectivity index (χ3v) is 2.52. The molecule has 0 aliphatic heterocycles. The van der Waals surface area contributed by atoms with E-state index in [1.807, 2.05) is 0 Å². The maximum atomic E-state index is 13.6. The minimum absolute atomic E-state index is 0.00786. The number of rotatable bonds is 2. The van der Waals surface area contributed by atoms with Gasteiger partial charge < -0.3 is 11.1 Å². The minimum atomic E-state index is -0.823. The SMILES string of the molecule is Cc1ccc(F)cc1Nc1c(F)cc(N)cc1F. The maximum Gasteiger partial charge on any atom is 0.151 e. The summed E-state index contributed by atoms with van der Waals surface area (Å²) in [4.78, 5) is 0. The quantitative estimate of drug-likeness (QED) is 0.799. The summed E-state index contributed by atoms with van der Waals surface area (Å²) in [5.74, 6) is -2.13. The number of anilines is 3. The molecule has 2 aromatic rings. The van der Waals surface area contributed by atoms with Crippen molar-refractivity contribution in [2.75, 3.05) is 11.1 Å². The first kappa shape index (κ1) is 12.3. The highest BCUT2D eigenvalue weighted by molar-refractivity contribution is 5.65. The highest BCUT2D eigenvalue weighted by Gasteiger charge is 2.11. The van der Waals surface area contributed by atoms with E-state index >= 15 is 0 Å². The van der Waals surface area contributed by atoms with E-state index in [4.69, 9.17) is 5.73 Å². The van der Waals surface area contributed by atoms with Crippen LogP contribution in [0.5, 0.6) is 0 Å². The van der Waals surface area contributed by atoms with Crippen LogP contribution in [-0.2, 0) is 0 Å².